The van der Waals surface area contributed by atoms with E-state index in [1.807, 2.05) is 48.5 Å². The first kappa shape index (κ1) is 38.9. The van der Waals surface area contributed by atoms with E-state index in [0.717, 1.165) is 0 Å². The van der Waals surface area contributed by atoms with Gasteiger partial charge in [-0.1, -0.05) is 121 Å². The summed E-state index contributed by atoms with van der Waals surface area (Å²) in [6.07, 6.45) is 2.15. The van der Waals surface area contributed by atoms with Crippen molar-refractivity contribution in [2.45, 2.75) is 39.9 Å². The molecule has 0 atom stereocenters. The number of carbonyl (C=O) groups excluding carboxylic acids is 2. The largest absolute Gasteiger partial charge is 0.507 e. The molecule has 0 amide bonds. The second kappa shape index (κ2) is 22.5. The maximum atomic E-state index is 11.8. The summed E-state index contributed by atoms with van der Waals surface area (Å²) in [5.41, 5.74) is 2.40. The number of hydrogen-bond acceptors (Lipinski definition) is 6. The average molecular weight is 617 g/mol. The van der Waals surface area contributed by atoms with Crippen molar-refractivity contribution < 1.29 is 51.7 Å². The molecule has 0 unspecified atom stereocenters. The molecular formula is C36H40O6Ti. The molecule has 0 aliphatic carbocycles. The summed E-state index contributed by atoms with van der Waals surface area (Å²) in [7, 11) is 0. The Morgan fingerprint density at radius 2 is 0.651 bits per heavy atom. The molecule has 0 bridgehead atoms. The van der Waals surface area contributed by atoms with Crippen molar-refractivity contribution in [1.29, 1.82) is 0 Å². The molecule has 0 radical (unpaired) electrons. The third-order valence-electron chi connectivity index (χ3n) is 4.79. The van der Waals surface area contributed by atoms with E-state index in [4.69, 9.17) is 10.2 Å². The van der Waals surface area contributed by atoms with E-state index >= 15 is 0 Å². The number of allylic oxidation sites excluding steroid dienone is 2. The van der Waals surface area contributed by atoms with Gasteiger partial charge in [0.1, 0.15) is 11.5 Å². The van der Waals surface area contributed by atoms with Gasteiger partial charge in [-0.05, 0) is 27.7 Å². The first-order chi connectivity index (χ1) is 20.0. The zero-order chi connectivity index (χ0) is 31.3. The number of ketones is 2. The van der Waals surface area contributed by atoms with Crippen LogP contribution in [0.3, 0.4) is 0 Å². The molecule has 4 aromatic carbocycles. The van der Waals surface area contributed by atoms with Crippen molar-refractivity contribution in [2.75, 3.05) is 0 Å². The summed E-state index contributed by atoms with van der Waals surface area (Å²) >= 11 is 0. The fourth-order valence-corrected chi connectivity index (χ4v) is 3.00. The molecule has 43 heavy (non-hydrogen) atoms. The Balaban J connectivity index is 0.000000646. The van der Waals surface area contributed by atoms with Crippen LogP contribution in [0.2, 0.25) is 0 Å². The Morgan fingerprint density at radius 3 is 0.860 bits per heavy atom. The van der Waals surface area contributed by atoms with Gasteiger partial charge in [-0.2, -0.15) is 0 Å². The van der Waals surface area contributed by atoms with Crippen LogP contribution in [0.1, 0.15) is 59.5 Å². The Morgan fingerprint density at radius 1 is 0.465 bits per heavy atom. The number of hydrogen-bond donors (Lipinski definition) is 4. The maximum absolute atomic E-state index is 11.8. The van der Waals surface area contributed by atoms with Crippen molar-refractivity contribution in [3.63, 3.8) is 0 Å². The van der Waals surface area contributed by atoms with Gasteiger partial charge < -0.3 is 20.4 Å². The van der Waals surface area contributed by atoms with E-state index < -0.39 is 0 Å². The number of carbonyl (C=O) groups is 2. The van der Waals surface area contributed by atoms with Gasteiger partial charge in [0.05, 0.1) is 0 Å². The van der Waals surface area contributed by atoms with Gasteiger partial charge in [0.2, 0.25) is 0 Å². The van der Waals surface area contributed by atoms with Crippen LogP contribution in [0.5, 0.6) is 0 Å². The smallest absolute Gasteiger partial charge is 0.189 e. The Bertz CT molecular complexity index is 1250. The van der Waals surface area contributed by atoms with Crippen molar-refractivity contribution >= 4 is 23.1 Å². The van der Waals surface area contributed by atoms with Crippen LogP contribution < -0.4 is 0 Å². The summed E-state index contributed by atoms with van der Waals surface area (Å²) in [6.45, 7) is 6.89. The first-order valence-electron chi connectivity index (χ1n) is 13.5. The second-order valence-electron chi connectivity index (χ2n) is 9.44. The molecule has 0 aromatic heterocycles. The summed E-state index contributed by atoms with van der Waals surface area (Å²) < 4.78 is 0. The second-order valence-corrected chi connectivity index (χ2v) is 9.44. The molecule has 6 nitrogen and oxygen atoms in total. The van der Waals surface area contributed by atoms with Gasteiger partial charge in [0, 0.05) is 68.3 Å². The predicted octanol–water partition coefficient (Wildman–Crippen LogP) is 7.71. The molecular weight excluding hydrogens is 576 g/mol. The van der Waals surface area contributed by atoms with E-state index in [1.165, 1.54) is 12.2 Å². The van der Waals surface area contributed by atoms with E-state index in [9.17, 15) is 19.8 Å². The third kappa shape index (κ3) is 18.2. The minimum absolute atomic E-state index is 0. The third-order valence-corrected chi connectivity index (χ3v) is 4.79. The van der Waals surface area contributed by atoms with Gasteiger partial charge in [-0.3, -0.25) is 9.59 Å². The monoisotopic (exact) mass is 616 g/mol. The average Bonchev–Trinajstić information content (AvgIpc) is 2.98. The normalized spacial score (nSPS) is 10.5. The Labute approximate surface area is 269 Å². The van der Waals surface area contributed by atoms with Crippen molar-refractivity contribution in [3.8, 4) is 0 Å². The van der Waals surface area contributed by atoms with E-state index in [0.29, 0.717) is 22.3 Å². The van der Waals surface area contributed by atoms with Gasteiger partial charge >= 0.3 is 0 Å². The molecule has 0 aliphatic heterocycles. The Kier molecular flexibility index (Phi) is 20.4. The van der Waals surface area contributed by atoms with Crippen LogP contribution in [0.4, 0.5) is 0 Å². The minimum Gasteiger partial charge on any atom is -0.507 e. The molecule has 224 valence electrons. The molecule has 4 rings (SSSR count). The van der Waals surface area contributed by atoms with E-state index in [-0.39, 0.29) is 57.0 Å². The van der Waals surface area contributed by atoms with Crippen LogP contribution in [-0.2, 0) is 21.7 Å². The number of aliphatic hydroxyl groups excluding tert-OH is 4. The van der Waals surface area contributed by atoms with Gasteiger partial charge in [-0.25, -0.2) is 0 Å². The summed E-state index contributed by atoms with van der Waals surface area (Å²) in [5.74, 6) is -0.433. The zero-order valence-electron chi connectivity index (χ0n) is 25.0. The molecule has 4 N–H and O–H groups in total. The number of rotatable bonds is 6. The molecule has 4 aromatic rings. The summed E-state index contributed by atoms with van der Waals surface area (Å²) in [5, 5.41) is 35.7. The number of benzene rings is 4. The van der Waals surface area contributed by atoms with Crippen LogP contribution in [-0.4, -0.2) is 44.2 Å². The predicted molar refractivity (Wildman–Crippen MR) is 170 cm³/mol. The molecule has 7 heteroatoms. The fourth-order valence-electron chi connectivity index (χ4n) is 3.00. The molecule has 0 heterocycles. The van der Waals surface area contributed by atoms with Crippen molar-refractivity contribution in [1.82, 2.24) is 0 Å². The molecule has 0 fully saturated rings. The van der Waals surface area contributed by atoms with Crippen molar-refractivity contribution in [3.05, 3.63) is 156 Å². The van der Waals surface area contributed by atoms with Gasteiger partial charge in [0.25, 0.3) is 0 Å². The van der Waals surface area contributed by atoms with Crippen molar-refractivity contribution in [2.24, 2.45) is 0 Å². The van der Waals surface area contributed by atoms with Crippen LogP contribution >= 0.6 is 0 Å². The van der Waals surface area contributed by atoms with Crippen LogP contribution in [0, 0.1) is 0 Å². The van der Waals surface area contributed by atoms with Crippen LogP contribution in [0.15, 0.2) is 133 Å². The fraction of sp³-hybridized carbons (Fsp3) is 0.167. The standard InChI is InChI=1S/2C15H12O2.2C3H8O.Ti/c2*16-14(12-7-3-1-4-8-12)11-15(17)13-9-5-2-6-10-13;2*1-3(2)4;/h2*1-11,16H;2*3-4H,1-2H3;/b2*14-11-;;;. The topological polar surface area (TPSA) is 115 Å². The van der Waals surface area contributed by atoms with E-state index in [1.54, 1.807) is 100 Å². The number of aliphatic hydroxyl groups is 4. The van der Waals surface area contributed by atoms with Crippen LogP contribution in [0.25, 0.3) is 11.5 Å². The molecule has 0 aliphatic rings. The first-order valence-corrected chi connectivity index (χ1v) is 13.5. The van der Waals surface area contributed by atoms with E-state index in [2.05, 4.69) is 0 Å². The minimum atomic E-state index is -0.202. The van der Waals surface area contributed by atoms with Gasteiger partial charge in [0.15, 0.2) is 11.6 Å². The summed E-state index contributed by atoms with van der Waals surface area (Å²) in [6, 6.07) is 35.7. The van der Waals surface area contributed by atoms with Gasteiger partial charge in [-0.15, -0.1) is 0 Å². The molecule has 0 saturated carbocycles. The summed E-state index contributed by atoms with van der Waals surface area (Å²) in [4.78, 5) is 23.6. The quantitative estimate of drug-likeness (QED) is 0.0764. The zero-order valence-corrected chi connectivity index (χ0v) is 26.5. The molecule has 0 spiro atoms. The Hall–Kier alpha value is -4.07. The maximum Gasteiger partial charge on any atom is 0.189 e. The molecule has 0 saturated heterocycles. The SMILES string of the molecule is CC(C)O.CC(C)O.O=C(/C=C(\O)c1ccccc1)c1ccccc1.O=C(/C=C(\O)c1ccccc1)c1ccccc1.[Ti].